The number of hydrogen-bond donors (Lipinski definition) is 0. The molecule has 0 unspecified atom stereocenters. The van der Waals surface area contributed by atoms with Crippen molar-refractivity contribution < 1.29 is 4.42 Å². The molecule has 0 bridgehead atoms. The molecule has 0 atom stereocenters. The number of halogens is 2. The Bertz CT molecular complexity index is 510. The second kappa shape index (κ2) is 4.55. The first-order chi connectivity index (χ1) is 7.56. The molecule has 84 valence electrons. The molecule has 0 aromatic carbocycles. The molecule has 0 spiro atoms. The molecule has 2 aromatic heterocycles. The topological polar surface area (TPSA) is 38.9 Å². The van der Waals surface area contributed by atoms with E-state index in [9.17, 15) is 0 Å². The molecule has 0 N–H and O–H groups in total. The van der Waals surface area contributed by atoms with E-state index in [-0.39, 0.29) is 0 Å². The van der Waals surface area contributed by atoms with Crippen LogP contribution in [-0.4, -0.2) is 9.97 Å². The van der Waals surface area contributed by atoms with Gasteiger partial charge in [-0.15, -0.1) is 0 Å². The highest BCUT2D eigenvalue weighted by Gasteiger charge is 2.11. The van der Waals surface area contributed by atoms with Crippen molar-refractivity contribution in [1.29, 1.82) is 0 Å². The lowest BCUT2D eigenvalue weighted by atomic mass is 10.1. The highest BCUT2D eigenvalue weighted by Crippen LogP contribution is 2.25. The summed E-state index contributed by atoms with van der Waals surface area (Å²) in [5.74, 6) is 1.43. The van der Waals surface area contributed by atoms with Gasteiger partial charge in [-0.3, -0.25) is 0 Å². The van der Waals surface area contributed by atoms with Crippen LogP contribution in [0.4, 0.5) is 0 Å². The second-order valence-corrected chi connectivity index (χ2v) is 4.87. The molecule has 0 fully saturated rings. The molecule has 0 saturated carbocycles. The molecule has 2 heterocycles. The van der Waals surface area contributed by atoms with Gasteiger partial charge in [0.2, 0.25) is 0 Å². The molecule has 0 amide bonds. The SMILES string of the molecule is CC(C)c1cc(Cl)nc(-c2ccc(Br)o2)n1. The largest absolute Gasteiger partial charge is 0.446 e. The maximum absolute atomic E-state index is 5.95. The maximum Gasteiger partial charge on any atom is 0.197 e. The van der Waals surface area contributed by atoms with Crippen LogP contribution < -0.4 is 0 Å². The molecular formula is C11H10BrClN2O. The summed E-state index contributed by atoms with van der Waals surface area (Å²) in [5.41, 5.74) is 0.905. The molecule has 3 nitrogen and oxygen atoms in total. The number of rotatable bonds is 2. The van der Waals surface area contributed by atoms with Crippen molar-refractivity contribution in [2.45, 2.75) is 19.8 Å². The number of nitrogens with zero attached hydrogens (tertiary/aromatic N) is 2. The Kier molecular flexibility index (Phi) is 3.30. The minimum Gasteiger partial charge on any atom is -0.446 e. The predicted octanol–water partition coefficient (Wildman–Crippen LogP) is 4.28. The summed E-state index contributed by atoms with van der Waals surface area (Å²) >= 11 is 9.19. The zero-order valence-electron chi connectivity index (χ0n) is 8.87. The van der Waals surface area contributed by atoms with Crippen LogP contribution in [0.2, 0.25) is 5.15 Å². The highest BCUT2D eigenvalue weighted by atomic mass is 79.9. The molecule has 16 heavy (non-hydrogen) atoms. The van der Waals surface area contributed by atoms with Crippen LogP contribution in [0.15, 0.2) is 27.3 Å². The fourth-order valence-electron chi connectivity index (χ4n) is 1.28. The second-order valence-electron chi connectivity index (χ2n) is 3.70. The summed E-state index contributed by atoms with van der Waals surface area (Å²) < 4.78 is 6.04. The molecule has 0 aliphatic heterocycles. The Hall–Kier alpha value is -0.870. The van der Waals surface area contributed by atoms with Gasteiger partial charge in [0.1, 0.15) is 5.15 Å². The van der Waals surface area contributed by atoms with E-state index in [1.165, 1.54) is 0 Å². The third-order valence-corrected chi connectivity index (χ3v) is 2.72. The average Bonchev–Trinajstić information content (AvgIpc) is 2.64. The van der Waals surface area contributed by atoms with E-state index in [2.05, 4.69) is 39.7 Å². The Morgan fingerprint density at radius 3 is 2.62 bits per heavy atom. The zero-order chi connectivity index (χ0) is 11.7. The quantitative estimate of drug-likeness (QED) is 0.777. The van der Waals surface area contributed by atoms with Gasteiger partial charge in [0, 0.05) is 5.69 Å². The average molecular weight is 302 g/mol. The lowest BCUT2D eigenvalue weighted by Gasteiger charge is -2.05. The van der Waals surface area contributed by atoms with Crippen LogP contribution in [0.25, 0.3) is 11.6 Å². The normalized spacial score (nSPS) is 11.1. The minimum absolute atomic E-state index is 0.303. The molecule has 2 rings (SSSR count). The summed E-state index contributed by atoms with van der Waals surface area (Å²) in [7, 11) is 0. The standard InChI is InChI=1S/C11H10BrClN2O/c1-6(2)7-5-10(13)15-11(14-7)8-3-4-9(12)16-8/h3-6H,1-2H3. The van der Waals surface area contributed by atoms with Gasteiger partial charge in [-0.05, 0) is 40.0 Å². The fraction of sp³-hybridized carbons (Fsp3) is 0.273. The van der Waals surface area contributed by atoms with Gasteiger partial charge in [-0.1, -0.05) is 25.4 Å². The van der Waals surface area contributed by atoms with E-state index in [0.717, 1.165) is 5.69 Å². The zero-order valence-corrected chi connectivity index (χ0v) is 11.2. The van der Waals surface area contributed by atoms with Gasteiger partial charge in [0.15, 0.2) is 16.3 Å². The highest BCUT2D eigenvalue weighted by molar-refractivity contribution is 9.10. The van der Waals surface area contributed by atoms with Crippen LogP contribution in [0.3, 0.4) is 0 Å². The van der Waals surface area contributed by atoms with E-state index in [1.54, 1.807) is 18.2 Å². The van der Waals surface area contributed by atoms with Gasteiger partial charge >= 0.3 is 0 Å². The Morgan fingerprint density at radius 2 is 2.06 bits per heavy atom. The third kappa shape index (κ3) is 2.44. The van der Waals surface area contributed by atoms with Crippen LogP contribution in [0.1, 0.15) is 25.5 Å². The molecule has 0 aliphatic rings. The van der Waals surface area contributed by atoms with Crippen LogP contribution >= 0.6 is 27.5 Å². The smallest absolute Gasteiger partial charge is 0.197 e. The summed E-state index contributed by atoms with van der Waals surface area (Å²) in [5, 5.41) is 0.432. The summed E-state index contributed by atoms with van der Waals surface area (Å²) in [6, 6.07) is 5.38. The molecule has 2 aromatic rings. The van der Waals surface area contributed by atoms with E-state index < -0.39 is 0 Å². The number of aromatic nitrogens is 2. The lowest BCUT2D eigenvalue weighted by Crippen LogP contribution is -1.97. The van der Waals surface area contributed by atoms with Crippen LogP contribution in [-0.2, 0) is 0 Å². The van der Waals surface area contributed by atoms with E-state index in [4.69, 9.17) is 16.0 Å². The van der Waals surface area contributed by atoms with Crippen molar-refractivity contribution in [3.63, 3.8) is 0 Å². The molecule has 0 saturated heterocycles. The third-order valence-electron chi connectivity index (χ3n) is 2.10. The Morgan fingerprint density at radius 1 is 1.31 bits per heavy atom. The molecule has 0 aliphatic carbocycles. The monoisotopic (exact) mass is 300 g/mol. The minimum atomic E-state index is 0.303. The van der Waals surface area contributed by atoms with Crippen molar-refractivity contribution in [3.05, 3.63) is 33.7 Å². The molecular weight excluding hydrogens is 291 g/mol. The maximum atomic E-state index is 5.95. The van der Waals surface area contributed by atoms with Crippen LogP contribution in [0.5, 0.6) is 0 Å². The Balaban J connectivity index is 2.49. The fourth-order valence-corrected chi connectivity index (χ4v) is 1.77. The predicted molar refractivity (Wildman–Crippen MR) is 66.5 cm³/mol. The van der Waals surface area contributed by atoms with Crippen molar-refractivity contribution >= 4 is 27.5 Å². The van der Waals surface area contributed by atoms with Crippen molar-refractivity contribution in [2.75, 3.05) is 0 Å². The van der Waals surface area contributed by atoms with Crippen molar-refractivity contribution in [3.8, 4) is 11.6 Å². The lowest BCUT2D eigenvalue weighted by molar-refractivity contribution is 0.550. The summed E-state index contributed by atoms with van der Waals surface area (Å²) in [6.45, 7) is 4.11. The van der Waals surface area contributed by atoms with Crippen molar-refractivity contribution in [2.24, 2.45) is 0 Å². The van der Waals surface area contributed by atoms with Crippen molar-refractivity contribution in [1.82, 2.24) is 9.97 Å². The molecule has 5 heteroatoms. The van der Waals surface area contributed by atoms with Gasteiger partial charge in [-0.2, -0.15) is 0 Å². The van der Waals surface area contributed by atoms with Gasteiger partial charge in [0.25, 0.3) is 0 Å². The summed E-state index contributed by atoms with van der Waals surface area (Å²) in [4.78, 5) is 8.55. The van der Waals surface area contributed by atoms with Crippen LogP contribution in [0, 0.1) is 0 Å². The van der Waals surface area contributed by atoms with Gasteiger partial charge in [0.05, 0.1) is 0 Å². The van der Waals surface area contributed by atoms with E-state index in [0.29, 0.717) is 27.3 Å². The first-order valence-electron chi connectivity index (χ1n) is 4.86. The first-order valence-corrected chi connectivity index (χ1v) is 6.03. The molecule has 0 radical (unpaired) electrons. The van der Waals surface area contributed by atoms with E-state index in [1.807, 2.05) is 0 Å². The number of furan rings is 1. The summed E-state index contributed by atoms with van der Waals surface area (Å²) in [6.07, 6.45) is 0. The first kappa shape index (κ1) is 11.6. The van der Waals surface area contributed by atoms with E-state index >= 15 is 0 Å². The van der Waals surface area contributed by atoms with Gasteiger partial charge < -0.3 is 4.42 Å². The van der Waals surface area contributed by atoms with Gasteiger partial charge in [-0.25, -0.2) is 9.97 Å². The number of hydrogen-bond acceptors (Lipinski definition) is 3. The Labute approximate surface area is 107 Å².